The molecule has 0 bridgehead atoms. The standard InChI is InChI=1S/C11H16N4O2S/c1-4-6-12-11(18)14-9-8(7-13-15(9)3)10(16)17-5-2/h4,7H,1,5-6H2,2-3H3,(H2,12,14,18). The average Bonchev–Trinajstić information content (AvgIpc) is 2.69. The third-order valence-corrected chi connectivity index (χ3v) is 2.32. The Balaban J connectivity index is 2.81. The van der Waals surface area contributed by atoms with E-state index in [2.05, 4.69) is 22.3 Å². The van der Waals surface area contributed by atoms with Gasteiger partial charge in [-0.1, -0.05) is 6.08 Å². The highest BCUT2D eigenvalue weighted by molar-refractivity contribution is 7.80. The maximum atomic E-state index is 11.7. The van der Waals surface area contributed by atoms with Gasteiger partial charge in [0.1, 0.15) is 11.4 Å². The molecule has 1 aromatic rings. The summed E-state index contributed by atoms with van der Waals surface area (Å²) in [4.78, 5) is 11.7. The molecule has 0 aliphatic heterocycles. The molecule has 0 amide bonds. The van der Waals surface area contributed by atoms with Crippen LogP contribution in [0.15, 0.2) is 18.9 Å². The third-order valence-electron chi connectivity index (χ3n) is 2.07. The quantitative estimate of drug-likeness (QED) is 0.473. The summed E-state index contributed by atoms with van der Waals surface area (Å²) >= 11 is 5.07. The number of aromatic nitrogens is 2. The highest BCUT2D eigenvalue weighted by atomic mass is 32.1. The van der Waals surface area contributed by atoms with Gasteiger partial charge in [-0.25, -0.2) is 4.79 Å². The molecule has 0 saturated heterocycles. The highest BCUT2D eigenvalue weighted by Gasteiger charge is 2.17. The topological polar surface area (TPSA) is 68.2 Å². The summed E-state index contributed by atoms with van der Waals surface area (Å²) in [5.41, 5.74) is 0.349. The SMILES string of the molecule is C=CCNC(=S)Nc1c(C(=O)OCC)cnn1C. The summed E-state index contributed by atoms with van der Waals surface area (Å²) in [6, 6.07) is 0. The molecule has 98 valence electrons. The van der Waals surface area contributed by atoms with Crippen molar-refractivity contribution in [3.63, 3.8) is 0 Å². The molecule has 0 saturated carbocycles. The fourth-order valence-electron chi connectivity index (χ4n) is 1.26. The van der Waals surface area contributed by atoms with Crippen molar-refractivity contribution in [3.05, 3.63) is 24.4 Å². The predicted molar refractivity (Wildman–Crippen MR) is 73.6 cm³/mol. The fourth-order valence-corrected chi connectivity index (χ4v) is 1.44. The second-order valence-electron chi connectivity index (χ2n) is 3.37. The number of rotatable bonds is 5. The number of carbonyl (C=O) groups excluding carboxylic acids is 1. The van der Waals surface area contributed by atoms with Gasteiger partial charge in [0, 0.05) is 13.6 Å². The largest absolute Gasteiger partial charge is 0.462 e. The Hall–Kier alpha value is -1.89. The van der Waals surface area contributed by atoms with Crippen molar-refractivity contribution in [3.8, 4) is 0 Å². The lowest BCUT2D eigenvalue weighted by Gasteiger charge is -2.10. The van der Waals surface area contributed by atoms with E-state index in [-0.39, 0.29) is 0 Å². The molecule has 6 nitrogen and oxygen atoms in total. The number of carbonyl (C=O) groups is 1. The highest BCUT2D eigenvalue weighted by Crippen LogP contribution is 2.15. The number of thiocarbonyl (C=S) groups is 1. The maximum Gasteiger partial charge on any atom is 0.343 e. The summed E-state index contributed by atoms with van der Waals surface area (Å²) in [7, 11) is 1.71. The lowest BCUT2D eigenvalue weighted by atomic mass is 10.3. The minimum absolute atomic E-state index is 0.312. The molecular formula is C11H16N4O2S. The second kappa shape index (κ2) is 6.75. The molecular weight excluding hydrogens is 252 g/mol. The molecule has 1 rings (SSSR count). The third kappa shape index (κ3) is 3.56. The van der Waals surface area contributed by atoms with Crippen LogP contribution < -0.4 is 10.6 Å². The van der Waals surface area contributed by atoms with E-state index < -0.39 is 5.97 Å². The Labute approximate surface area is 111 Å². The van der Waals surface area contributed by atoms with Gasteiger partial charge < -0.3 is 15.4 Å². The number of anilines is 1. The lowest BCUT2D eigenvalue weighted by molar-refractivity contribution is 0.0527. The van der Waals surface area contributed by atoms with Crippen molar-refractivity contribution in [2.24, 2.45) is 7.05 Å². The molecule has 7 heteroatoms. The Morgan fingerprint density at radius 3 is 3.06 bits per heavy atom. The van der Waals surface area contributed by atoms with Gasteiger partial charge >= 0.3 is 5.97 Å². The monoisotopic (exact) mass is 268 g/mol. The van der Waals surface area contributed by atoms with Crippen molar-refractivity contribution >= 4 is 29.1 Å². The first-order chi connectivity index (χ1) is 8.60. The molecule has 18 heavy (non-hydrogen) atoms. The van der Waals surface area contributed by atoms with Crippen LogP contribution in [0.25, 0.3) is 0 Å². The summed E-state index contributed by atoms with van der Waals surface area (Å²) in [5, 5.41) is 10.2. The summed E-state index contributed by atoms with van der Waals surface area (Å²) in [6.07, 6.45) is 3.12. The number of esters is 1. The van der Waals surface area contributed by atoms with E-state index in [4.69, 9.17) is 17.0 Å². The van der Waals surface area contributed by atoms with Crippen molar-refractivity contribution in [1.29, 1.82) is 0 Å². The molecule has 1 heterocycles. The Kier molecular flexibility index (Phi) is 5.31. The van der Waals surface area contributed by atoms with Crippen molar-refractivity contribution in [2.75, 3.05) is 18.5 Å². The number of nitrogens with one attached hydrogen (secondary N) is 2. The molecule has 0 unspecified atom stereocenters. The number of nitrogens with zero attached hydrogens (tertiary/aromatic N) is 2. The van der Waals surface area contributed by atoms with Crippen LogP contribution in [0.2, 0.25) is 0 Å². The fraction of sp³-hybridized carbons (Fsp3) is 0.364. The van der Waals surface area contributed by atoms with Gasteiger partial charge in [-0.15, -0.1) is 6.58 Å². The Morgan fingerprint density at radius 1 is 1.72 bits per heavy atom. The molecule has 0 atom stereocenters. The van der Waals surface area contributed by atoms with Crippen LogP contribution in [0, 0.1) is 0 Å². The van der Waals surface area contributed by atoms with E-state index in [1.54, 1.807) is 20.0 Å². The minimum atomic E-state index is -0.431. The molecule has 0 aliphatic rings. The maximum absolute atomic E-state index is 11.7. The first-order valence-corrected chi connectivity index (χ1v) is 5.85. The minimum Gasteiger partial charge on any atom is -0.462 e. The first-order valence-electron chi connectivity index (χ1n) is 5.45. The lowest BCUT2D eigenvalue weighted by Crippen LogP contribution is -2.30. The van der Waals surface area contributed by atoms with Crippen LogP contribution in [-0.2, 0) is 11.8 Å². The molecule has 2 N–H and O–H groups in total. The van der Waals surface area contributed by atoms with E-state index in [1.807, 2.05) is 0 Å². The Morgan fingerprint density at radius 2 is 2.44 bits per heavy atom. The van der Waals surface area contributed by atoms with Crippen LogP contribution in [0.5, 0.6) is 0 Å². The van der Waals surface area contributed by atoms with Gasteiger partial charge in [0.25, 0.3) is 0 Å². The van der Waals surface area contributed by atoms with Crippen molar-refractivity contribution in [1.82, 2.24) is 15.1 Å². The molecule has 0 spiro atoms. The summed E-state index contributed by atoms with van der Waals surface area (Å²) < 4.78 is 6.45. The molecule has 0 aliphatic carbocycles. The van der Waals surface area contributed by atoms with Gasteiger partial charge in [-0.05, 0) is 19.1 Å². The van der Waals surface area contributed by atoms with Crippen molar-refractivity contribution < 1.29 is 9.53 Å². The van der Waals surface area contributed by atoms with Gasteiger partial charge in [0.2, 0.25) is 0 Å². The smallest absolute Gasteiger partial charge is 0.343 e. The van der Waals surface area contributed by atoms with E-state index in [0.29, 0.717) is 29.6 Å². The van der Waals surface area contributed by atoms with Crippen molar-refractivity contribution in [2.45, 2.75) is 6.92 Å². The van der Waals surface area contributed by atoms with E-state index in [9.17, 15) is 4.79 Å². The normalized spacial score (nSPS) is 9.67. The summed E-state index contributed by atoms with van der Waals surface area (Å²) in [6.45, 7) is 6.18. The Bertz CT molecular complexity index is 456. The van der Waals surface area contributed by atoms with Gasteiger partial charge in [0.15, 0.2) is 5.11 Å². The second-order valence-corrected chi connectivity index (χ2v) is 3.78. The molecule has 1 aromatic heterocycles. The number of ether oxygens (including phenoxy) is 1. The van der Waals surface area contributed by atoms with Gasteiger partial charge in [0.05, 0.1) is 12.8 Å². The molecule has 0 aromatic carbocycles. The van der Waals surface area contributed by atoms with Crippen LogP contribution in [0.4, 0.5) is 5.82 Å². The first kappa shape index (κ1) is 14.2. The number of hydrogen-bond acceptors (Lipinski definition) is 4. The van der Waals surface area contributed by atoms with Crippen LogP contribution in [-0.4, -0.2) is 34.0 Å². The molecule has 0 radical (unpaired) electrons. The predicted octanol–water partition coefficient (Wildman–Crippen LogP) is 1.07. The zero-order valence-corrected chi connectivity index (χ0v) is 11.2. The van der Waals surface area contributed by atoms with Crippen LogP contribution >= 0.6 is 12.2 Å². The van der Waals surface area contributed by atoms with Crippen LogP contribution in [0.3, 0.4) is 0 Å². The van der Waals surface area contributed by atoms with Crippen LogP contribution in [0.1, 0.15) is 17.3 Å². The van der Waals surface area contributed by atoms with E-state index in [1.165, 1.54) is 10.9 Å². The average molecular weight is 268 g/mol. The number of hydrogen-bond donors (Lipinski definition) is 2. The zero-order valence-electron chi connectivity index (χ0n) is 10.4. The zero-order chi connectivity index (χ0) is 13.5. The van der Waals surface area contributed by atoms with E-state index >= 15 is 0 Å². The van der Waals surface area contributed by atoms with Gasteiger partial charge in [-0.3, -0.25) is 4.68 Å². The summed E-state index contributed by atoms with van der Waals surface area (Å²) in [5.74, 6) is 0.0645. The van der Waals surface area contributed by atoms with Gasteiger partial charge in [-0.2, -0.15) is 5.10 Å². The number of aryl methyl sites for hydroxylation is 1. The van der Waals surface area contributed by atoms with E-state index in [0.717, 1.165) is 0 Å². The molecule has 0 fully saturated rings.